The van der Waals surface area contributed by atoms with Gasteiger partial charge in [-0.05, 0) is 61.6 Å². The van der Waals surface area contributed by atoms with Gasteiger partial charge in [0.05, 0.1) is 40.6 Å². The molecular weight excluding hydrogens is 511 g/mol. The van der Waals surface area contributed by atoms with Crippen LogP contribution >= 0.6 is 23.2 Å². The van der Waals surface area contributed by atoms with E-state index in [-0.39, 0.29) is 30.5 Å². The van der Waals surface area contributed by atoms with Crippen LogP contribution in [0.5, 0.6) is 11.5 Å². The molecule has 0 aromatic heterocycles. The molecule has 1 saturated carbocycles. The maximum atomic E-state index is 13.5. The Labute approximate surface area is 227 Å². The number of likely N-dealkylation sites (tertiary alicyclic amines) is 1. The van der Waals surface area contributed by atoms with Gasteiger partial charge in [-0.15, -0.1) is 6.58 Å². The summed E-state index contributed by atoms with van der Waals surface area (Å²) in [5.74, 6) is 1.39. The number of hydrogen-bond acceptors (Lipinski definition) is 5. The number of ether oxygens (including phenoxy) is 2. The summed E-state index contributed by atoms with van der Waals surface area (Å²) in [6.07, 6.45) is 4.51. The first-order valence-corrected chi connectivity index (χ1v) is 13.6. The summed E-state index contributed by atoms with van der Waals surface area (Å²) >= 11 is 12.3. The van der Waals surface area contributed by atoms with Gasteiger partial charge in [-0.25, -0.2) is 0 Å². The average molecular weight is 543 g/mol. The number of piperidine rings is 1. The SMILES string of the molecule is C=CCN1CC[C@]23c4c5ccc(OC)c4OC2C(N(C)C(=O)Cc2ccc(Cl)c(Cl)c2)CC[C@@]3(O)[C@H]1C5. The van der Waals surface area contributed by atoms with Gasteiger partial charge < -0.3 is 19.5 Å². The number of amides is 1. The molecule has 0 radical (unpaired) electrons. The lowest BCUT2D eigenvalue weighted by molar-refractivity contribution is -0.198. The van der Waals surface area contributed by atoms with E-state index in [0.717, 1.165) is 42.8 Å². The molecule has 6 rings (SSSR count). The molecule has 2 unspecified atom stereocenters. The summed E-state index contributed by atoms with van der Waals surface area (Å²) < 4.78 is 12.5. The molecule has 1 spiro atoms. The smallest absolute Gasteiger partial charge is 0.227 e. The molecule has 5 atom stereocenters. The van der Waals surface area contributed by atoms with Gasteiger partial charge in [-0.3, -0.25) is 9.69 Å². The third-order valence-corrected chi connectivity index (χ3v) is 10.1. The summed E-state index contributed by atoms with van der Waals surface area (Å²) in [6, 6.07) is 9.16. The molecule has 2 bridgehead atoms. The number of aliphatic hydroxyl groups is 1. The molecule has 1 N–H and O–H groups in total. The molecule has 8 heteroatoms. The third-order valence-electron chi connectivity index (χ3n) is 9.34. The average Bonchev–Trinajstić information content (AvgIpc) is 3.23. The molecule has 2 aliphatic heterocycles. The van der Waals surface area contributed by atoms with Crippen LogP contribution in [0.4, 0.5) is 0 Å². The van der Waals surface area contributed by atoms with E-state index in [2.05, 4.69) is 17.5 Å². The second-order valence-electron chi connectivity index (χ2n) is 10.9. The van der Waals surface area contributed by atoms with E-state index in [1.54, 1.807) is 19.2 Å². The molecule has 196 valence electrons. The molecule has 2 aromatic rings. The van der Waals surface area contributed by atoms with E-state index in [4.69, 9.17) is 32.7 Å². The summed E-state index contributed by atoms with van der Waals surface area (Å²) in [5, 5.41) is 13.5. The highest BCUT2D eigenvalue weighted by molar-refractivity contribution is 6.42. The Morgan fingerprint density at radius 1 is 1.30 bits per heavy atom. The zero-order valence-corrected chi connectivity index (χ0v) is 22.7. The first kappa shape index (κ1) is 25.1. The van der Waals surface area contributed by atoms with E-state index in [1.165, 1.54) is 5.56 Å². The van der Waals surface area contributed by atoms with Crippen LogP contribution in [0, 0.1) is 0 Å². The van der Waals surface area contributed by atoms with Gasteiger partial charge in [0.15, 0.2) is 11.5 Å². The predicted molar refractivity (Wildman–Crippen MR) is 144 cm³/mol. The van der Waals surface area contributed by atoms with E-state index in [1.807, 2.05) is 30.2 Å². The Morgan fingerprint density at radius 3 is 2.84 bits per heavy atom. The van der Waals surface area contributed by atoms with Crippen LogP contribution in [-0.4, -0.2) is 71.8 Å². The summed E-state index contributed by atoms with van der Waals surface area (Å²) in [6.45, 7) is 5.52. The summed E-state index contributed by atoms with van der Waals surface area (Å²) in [7, 11) is 3.50. The van der Waals surface area contributed by atoms with Crippen molar-refractivity contribution in [2.75, 3.05) is 27.2 Å². The first-order chi connectivity index (χ1) is 17.7. The van der Waals surface area contributed by atoms with Gasteiger partial charge in [0.25, 0.3) is 0 Å². The second kappa shape index (κ2) is 8.91. The molecule has 2 heterocycles. The molecular formula is C29H32Cl2N2O4. The van der Waals surface area contributed by atoms with Gasteiger partial charge >= 0.3 is 0 Å². The highest BCUT2D eigenvalue weighted by atomic mass is 35.5. The minimum atomic E-state index is -0.965. The van der Waals surface area contributed by atoms with Crippen molar-refractivity contribution in [2.45, 2.75) is 61.3 Å². The fraction of sp³-hybridized carbons (Fsp3) is 0.483. The van der Waals surface area contributed by atoms with Crippen molar-refractivity contribution in [2.24, 2.45) is 0 Å². The lowest BCUT2D eigenvalue weighted by Crippen LogP contribution is -2.78. The van der Waals surface area contributed by atoms with Gasteiger partial charge in [-0.2, -0.15) is 0 Å². The number of carbonyl (C=O) groups is 1. The number of rotatable bonds is 6. The maximum Gasteiger partial charge on any atom is 0.227 e. The minimum Gasteiger partial charge on any atom is -0.493 e. The van der Waals surface area contributed by atoms with Gasteiger partial charge in [0.1, 0.15) is 6.10 Å². The number of hydrogen-bond donors (Lipinski definition) is 1. The molecule has 1 saturated heterocycles. The quantitative estimate of drug-likeness (QED) is 0.547. The largest absolute Gasteiger partial charge is 0.493 e. The fourth-order valence-corrected chi connectivity index (χ4v) is 7.99. The number of benzene rings is 2. The highest BCUT2D eigenvalue weighted by Crippen LogP contribution is 2.65. The molecule has 4 aliphatic rings. The molecule has 6 nitrogen and oxygen atoms in total. The van der Waals surface area contributed by atoms with Crippen molar-refractivity contribution < 1.29 is 19.4 Å². The molecule has 2 aromatic carbocycles. The highest BCUT2D eigenvalue weighted by Gasteiger charge is 2.73. The van der Waals surface area contributed by atoms with E-state index in [0.29, 0.717) is 28.6 Å². The van der Waals surface area contributed by atoms with Crippen molar-refractivity contribution in [3.8, 4) is 11.5 Å². The van der Waals surface area contributed by atoms with Crippen LogP contribution < -0.4 is 9.47 Å². The Bertz CT molecular complexity index is 1280. The van der Waals surface area contributed by atoms with Crippen LogP contribution in [0.25, 0.3) is 0 Å². The molecule has 37 heavy (non-hydrogen) atoms. The second-order valence-corrected chi connectivity index (χ2v) is 11.7. The van der Waals surface area contributed by atoms with E-state index >= 15 is 0 Å². The summed E-state index contributed by atoms with van der Waals surface area (Å²) in [5.41, 5.74) is 1.53. The maximum absolute atomic E-state index is 13.5. The Hall–Kier alpha value is -2.25. The van der Waals surface area contributed by atoms with Crippen molar-refractivity contribution >= 4 is 29.1 Å². The number of methoxy groups -OCH3 is 1. The summed E-state index contributed by atoms with van der Waals surface area (Å²) in [4.78, 5) is 17.7. The van der Waals surface area contributed by atoms with E-state index in [9.17, 15) is 9.90 Å². The minimum absolute atomic E-state index is 0.0200. The van der Waals surface area contributed by atoms with Gasteiger partial charge in [0, 0.05) is 25.2 Å². The number of likely N-dealkylation sites (N-methyl/N-ethyl adjacent to an activating group) is 1. The van der Waals surface area contributed by atoms with Crippen molar-refractivity contribution in [1.29, 1.82) is 0 Å². The lowest BCUT2D eigenvalue weighted by Gasteiger charge is -2.64. The van der Waals surface area contributed by atoms with Crippen LogP contribution in [0.3, 0.4) is 0 Å². The number of nitrogens with zero attached hydrogens (tertiary/aromatic N) is 2. The van der Waals surface area contributed by atoms with Crippen molar-refractivity contribution in [3.05, 3.63) is 69.7 Å². The van der Waals surface area contributed by atoms with Crippen LogP contribution in [0.15, 0.2) is 43.0 Å². The Balaban J connectivity index is 1.39. The Morgan fingerprint density at radius 2 is 2.11 bits per heavy atom. The zero-order valence-electron chi connectivity index (χ0n) is 21.2. The van der Waals surface area contributed by atoms with Crippen molar-refractivity contribution in [3.63, 3.8) is 0 Å². The van der Waals surface area contributed by atoms with Crippen molar-refractivity contribution in [1.82, 2.24) is 9.80 Å². The van der Waals surface area contributed by atoms with Crippen LogP contribution in [-0.2, 0) is 23.1 Å². The van der Waals surface area contributed by atoms with Crippen LogP contribution in [0.1, 0.15) is 36.0 Å². The first-order valence-electron chi connectivity index (χ1n) is 12.9. The number of halogens is 2. The predicted octanol–water partition coefficient (Wildman–Crippen LogP) is 4.41. The van der Waals surface area contributed by atoms with Gasteiger partial charge in [-0.1, -0.05) is 41.4 Å². The standard InChI is InChI=1S/C29H32Cl2N2O4/c1-4-12-33-13-11-28-25-18-6-8-22(36-3)26(25)37-27(28)21(9-10-29(28,35)23(33)16-18)32(2)24(34)15-17-5-7-19(30)20(31)14-17/h4-8,14,21,23,27,35H,1,9-13,15-16H2,2-3H3/t21?,23-,27?,28+,29-/m1/s1. The normalized spacial score (nSPS) is 31.3. The monoisotopic (exact) mass is 542 g/mol. The van der Waals surface area contributed by atoms with Gasteiger partial charge in [0.2, 0.25) is 5.91 Å². The molecule has 2 fully saturated rings. The zero-order chi connectivity index (χ0) is 26.1. The van der Waals surface area contributed by atoms with E-state index < -0.39 is 11.0 Å². The fourth-order valence-electron chi connectivity index (χ4n) is 7.67. The topological polar surface area (TPSA) is 62.2 Å². The lowest BCUT2D eigenvalue weighted by atomic mass is 9.48. The molecule has 2 aliphatic carbocycles. The van der Waals surface area contributed by atoms with Crippen LogP contribution in [0.2, 0.25) is 10.0 Å². The number of carbonyl (C=O) groups excluding carboxylic acids is 1. The Kier molecular flexibility index (Phi) is 6.03. The third kappa shape index (κ3) is 3.42. The molecule has 1 amide bonds.